The zero-order valence-corrected chi connectivity index (χ0v) is 19.4. The number of nitrogens with two attached hydrogens (primary N) is 2. The lowest BCUT2D eigenvalue weighted by atomic mass is 9.82. The summed E-state index contributed by atoms with van der Waals surface area (Å²) in [5.74, 6) is -1.59. The molecule has 4 rings (SSSR count). The minimum atomic E-state index is -1.20. The van der Waals surface area contributed by atoms with Crippen LogP contribution in [-0.4, -0.2) is 71.4 Å². The van der Waals surface area contributed by atoms with E-state index in [9.17, 15) is 19.2 Å². The molecular weight excluding hydrogens is 428 g/mol. The molecule has 3 aliphatic heterocycles. The smallest absolute Gasteiger partial charge is 0.404 e. The molecule has 180 valence electrons. The average Bonchev–Trinajstić information content (AvgIpc) is 3.30. The predicted molar refractivity (Wildman–Crippen MR) is 117 cm³/mol. The molecule has 2 fully saturated rings. The molecule has 0 radical (unpaired) electrons. The van der Waals surface area contributed by atoms with E-state index < -0.39 is 23.5 Å². The molecule has 0 aromatic carbocycles. The Morgan fingerprint density at radius 1 is 1.15 bits per heavy atom. The van der Waals surface area contributed by atoms with E-state index in [2.05, 4.69) is 6.92 Å². The minimum absolute atomic E-state index is 0.0310. The van der Waals surface area contributed by atoms with Crippen molar-refractivity contribution in [1.29, 1.82) is 0 Å². The van der Waals surface area contributed by atoms with Crippen LogP contribution >= 0.6 is 0 Å². The van der Waals surface area contributed by atoms with Gasteiger partial charge in [0.05, 0.1) is 23.4 Å². The molecule has 4 aliphatic rings. The van der Waals surface area contributed by atoms with Crippen LogP contribution in [0.3, 0.4) is 0 Å². The lowest BCUT2D eigenvalue weighted by molar-refractivity contribution is -0.153. The highest BCUT2D eigenvalue weighted by atomic mass is 16.6. The van der Waals surface area contributed by atoms with Crippen LogP contribution in [0.15, 0.2) is 22.5 Å². The molecule has 33 heavy (non-hydrogen) atoms. The van der Waals surface area contributed by atoms with Crippen LogP contribution in [0.25, 0.3) is 0 Å². The molecule has 0 bridgehead atoms. The number of methoxy groups -OCH3 is 1. The second kappa shape index (κ2) is 8.48. The van der Waals surface area contributed by atoms with Crippen molar-refractivity contribution < 1.29 is 28.7 Å². The van der Waals surface area contributed by atoms with Gasteiger partial charge in [0, 0.05) is 31.2 Å². The number of unbranched alkanes of at least 4 members (excludes halogenated alkanes) is 4. The number of primary amides is 1. The fourth-order valence-electron chi connectivity index (χ4n) is 5.83. The van der Waals surface area contributed by atoms with Gasteiger partial charge in [-0.25, -0.2) is 4.79 Å². The fraction of sp³-hybridized carbons (Fsp3) is 0.652. The van der Waals surface area contributed by atoms with Crippen LogP contribution in [0.4, 0.5) is 4.79 Å². The number of fused-ring (bicyclic) bond motifs is 4. The summed E-state index contributed by atoms with van der Waals surface area (Å²) >= 11 is 0. The van der Waals surface area contributed by atoms with Crippen molar-refractivity contribution in [2.75, 3.05) is 20.3 Å². The molecule has 0 spiro atoms. The molecule has 2 saturated heterocycles. The number of carbonyl (C=O) groups is 4. The third-order valence-electron chi connectivity index (χ3n) is 7.47. The molecule has 0 aromatic rings. The van der Waals surface area contributed by atoms with Crippen molar-refractivity contribution in [3.63, 3.8) is 0 Å². The Labute approximate surface area is 192 Å². The van der Waals surface area contributed by atoms with Gasteiger partial charge >= 0.3 is 6.09 Å². The molecule has 0 saturated carbocycles. The first-order valence-electron chi connectivity index (χ1n) is 11.6. The Bertz CT molecular complexity index is 972. The molecule has 0 aromatic heterocycles. The quantitative estimate of drug-likeness (QED) is 0.294. The second-order valence-electron chi connectivity index (χ2n) is 9.19. The highest BCUT2D eigenvalue weighted by molar-refractivity contribution is 6.25. The standard InChI is InChI=1S/C23H32N4O6/c1-4-5-6-7-8-9-15(28)27-14-10-26-18-16(20(30)17(24)12(2)19(18)29)13(11-33-22(25)31)23(26,32-3)21(14)27/h13-14,21H,4-11,24H2,1-3H3,(H2,25,31)/t13-,14+,21+,23-,27?/m1/s1. The predicted octanol–water partition coefficient (Wildman–Crippen LogP) is 0.948. The Hall–Kier alpha value is -2.88. The molecule has 2 amide bonds. The number of allylic oxidation sites excluding steroid dienone is 2. The van der Waals surface area contributed by atoms with Crippen molar-refractivity contribution in [3.8, 4) is 0 Å². The monoisotopic (exact) mass is 460 g/mol. The summed E-state index contributed by atoms with van der Waals surface area (Å²) in [7, 11) is 1.48. The molecular formula is C23H32N4O6. The molecule has 3 heterocycles. The van der Waals surface area contributed by atoms with Gasteiger partial charge in [0.2, 0.25) is 17.5 Å². The largest absolute Gasteiger partial charge is 0.449 e. The van der Waals surface area contributed by atoms with Gasteiger partial charge in [-0.15, -0.1) is 0 Å². The van der Waals surface area contributed by atoms with Crippen molar-refractivity contribution in [3.05, 3.63) is 22.5 Å². The number of ketones is 2. The van der Waals surface area contributed by atoms with Crippen molar-refractivity contribution >= 4 is 23.6 Å². The van der Waals surface area contributed by atoms with Gasteiger partial charge in [0.1, 0.15) is 12.6 Å². The zero-order valence-electron chi connectivity index (χ0n) is 19.4. The van der Waals surface area contributed by atoms with Gasteiger partial charge in [0.25, 0.3) is 0 Å². The molecule has 1 aliphatic carbocycles. The van der Waals surface area contributed by atoms with E-state index >= 15 is 0 Å². The van der Waals surface area contributed by atoms with Gasteiger partial charge in [0.15, 0.2) is 5.72 Å². The van der Waals surface area contributed by atoms with Gasteiger partial charge in [-0.2, -0.15) is 0 Å². The van der Waals surface area contributed by atoms with E-state index in [1.165, 1.54) is 14.0 Å². The topological polar surface area (TPSA) is 145 Å². The maximum Gasteiger partial charge on any atom is 0.404 e. The first-order chi connectivity index (χ1) is 15.7. The van der Waals surface area contributed by atoms with Crippen molar-refractivity contribution in [1.82, 2.24) is 9.80 Å². The van der Waals surface area contributed by atoms with E-state index in [1.54, 1.807) is 9.80 Å². The minimum Gasteiger partial charge on any atom is -0.449 e. The van der Waals surface area contributed by atoms with Crippen molar-refractivity contribution in [2.45, 2.75) is 70.2 Å². The van der Waals surface area contributed by atoms with E-state index in [0.29, 0.717) is 13.0 Å². The third kappa shape index (κ3) is 3.34. The highest BCUT2D eigenvalue weighted by Gasteiger charge is 2.77. The fourth-order valence-corrected chi connectivity index (χ4v) is 5.83. The maximum atomic E-state index is 13.2. The van der Waals surface area contributed by atoms with E-state index in [4.69, 9.17) is 20.9 Å². The first kappa shape index (κ1) is 23.3. The number of amides is 2. The number of piperazine rings is 1. The summed E-state index contributed by atoms with van der Waals surface area (Å²) in [6, 6.07) is -0.496. The number of nitrogens with zero attached hydrogens (tertiary/aromatic N) is 2. The second-order valence-corrected chi connectivity index (χ2v) is 9.19. The van der Waals surface area contributed by atoms with Gasteiger partial charge in [-0.05, 0) is 13.3 Å². The van der Waals surface area contributed by atoms with Crippen LogP contribution in [0.1, 0.15) is 52.4 Å². The number of hydrogen-bond acceptors (Lipinski definition) is 8. The Morgan fingerprint density at radius 2 is 1.85 bits per heavy atom. The summed E-state index contributed by atoms with van der Waals surface area (Å²) < 4.78 is 11.1. The molecule has 0 unspecified atom stereocenters. The van der Waals surface area contributed by atoms with Gasteiger partial charge in [-0.3, -0.25) is 14.4 Å². The van der Waals surface area contributed by atoms with E-state index in [0.717, 1.165) is 32.1 Å². The van der Waals surface area contributed by atoms with Gasteiger partial charge in [-0.1, -0.05) is 32.6 Å². The molecule has 10 nitrogen and oxygen atoms in total. The maximum absolute atomic E-state index is 13.2. The SMILES string of the molecule is CCCCCCCC(=O)N1[C@H]2[C@@H]1CN1C3=C(C(=O)C(N)=C(C)C3=O)[C@@H](COC(N)=O)[C@@]21OC. The first-order valence-corrected chi connectivity index (χ1v) is 11.6. The molecule has 4 N–H and O–H groups in total. The van der Waals surface area contributed by atoms with E-state index in [-0.39, 0.29) is 52.9 Å². The Balaban J connectivity index is 1.61. The number of hydrogen-bond donors (Lipinski definition) is 2. The Kier molecular flexibility index (Phi) is 5.98. The average molecular weight is 461 g/mol. The van der Waals surface area contributed by atoms with Crippen LogP contribution in [0.5, 0.6) is 0 Å². The van der Waals surface area contributed by atoms with E-state index in [1.807, 2.05) is 0 Å². The lowest BCUT2D eigenvalue weighted by Gasteiger charge is -2.41. The summed E-state index contributed by atoms with van der Waals surface area (Å²) in [5, 5.41) is 0. The summed E-state index contributed by atoms with van der Waals surface area (Å²) in [6.45, 7) is 3.77. The number of Topliss-reactive ketones (excluding diaryl/α,β-unsaturated/α-hetero) is 2. The lowest BCUT2D eigenvalue weighted by Crippen LogP contribution is -2.56. The normalized spacial score (nSPS) is 30.0. The number of ether oxygens (including phenoxy) is 2. The molecule has 4 atom stereocenters. The van der Waals surface area contributed by atoms with Gasteiger partial charge < -0.3 is 30.7 Å². The van der Waals surface area contributed by atoms with Crippen LogP contribution in [-0.2, 0) is 23.9 Å². The summed E-state index contributed by atoms with van der Waals surface area (Å²) in [5.41, 5.74) is 10.4. The third-order valence-corrected chi connectivity index (χ3v) is 7.47. The summed E-state index contributed by atoms with van der Waals surface area (Å²) in [4.78, 5) is 54.2. The number of carbonyl (C=O) groups excluding carboxylic acids is 4. The van der Waals surface area contributed by atoms with Crippen LogP contribution in [0, 0.1) is 5.92 Å². The Morgan fingerprint density at radius 3 is 2.48 bits per heavy atom. The summed E-state index contributed by atoms with van der Waals surface area (Å²) in [6.07, 6.45) is 4.66. The van der Waals surface area contributed by atoms with Crippen LogP contribution < -0.4 is 11.5 Å². The number of rotatable bonds is 9. The van der Waals surface area contributed by atoms with Crippen molar-refractivity contribution in [2.24, 2.45) is 17.4 Å². The zero-order chi connectivity index (χ0) is 24.1. The van der Waals surface area contributed by atoms with Crippen LogP contribution in [0.2, 0.25) is 0 Å². The molecule has 10 heteroatoms. The highest BCUT2D eigenvalue weighted by Crippen LogP contribution is 2.59.